The molecule has 0 unspecified atom stereocenters. The van der Waals surface area contributed by atoms with Gasteiger partial charge in [0, 0.05) is 32.1 Å². The molecule has 0 spiro atoms. The molecule has 2 aromatic rings. The van der Waals surface area contributed by atoms with E-state index in [1.165, 1.54) is 11.0 Å². The molecule has 140 valence electrons. The molecule has 2 N–H and O–H groups in total. The molecule has 0 saturated carbocycles. The number of nitrogens with zero attached hydrogens (tertiary/aromatic N) is 2. The highest BCUT2D eigenvalue weighted by molar-refractivity contribution is 6.22. The smallest absolute Gasteiger partial charge is 0.324 e. The molecule has 0 atom stereocenters. The summed E-state index contributed by atoms with van der Waals surface area (Å²) < 4.78 is 4.96. The van der Waals surface area contributed by atoms with Gasteiger partial charge in [0.15, 0.2) is 0 Å². The number of amides is 4. The van der Waals surface area contributed by atoms with Gasteiger partial charge in [0.25, 0.3) is 11.8 Å². The molecule has 0 aliphatic carbocycles. The lowest BCUT2D eigenvalue weighted by molar-refractivity contribution is 0.0638. The molecule has 1 aliphatic heterocycles. The Morgan fingerprint density at radius 3 is 2.67 bits per heavy atom. The van der Waals surface area contributed by atoms with Crippen molar-refractivity contribution < 1.29 is 19.1 Å². The fourth-order valence-electron chi connectivity index (χ4n) is 2.82. The van der Waals surface area contributed by atoms with Crippen LogP contribution in [0.4, 0.5) is 16.3 Å². The van der Waals surface area contributed by atoms with Crippen molar-refractivity contribution >= 4 is 29.4 Å². The largest absolute Gasteiger partial charge is 0.385 e. The maximum absolute atomic E-state index is 12.5. The Morgan fingerprint density at radius 2 is 1.93 bits per heavy atom. The molecular formula is C19H20N4O4. The van der Waals surface area contributed by atoms with Crippen LogP contribution in [-0.4, -0.2) is 48.0 Å². The van der Waals surface area contributed by atoms with Crippen LogP contribution in [0, 0.1) is 6.92 Å². The first-order valence-corrected chi connectivity index (χ1v) is 8.50. The molecule has 0 radical (unpaired) electrons. The van der Waals surface area contributed by atoms with Crippen molar-refractivity contribution in [3.63, 3.8) is 0 Å². The van der Waals surface area contributed by atoms with Crippen LogP contribution in [0.15, 0.2) is 36.5 Å². The molecular weight excluding hydrogens is 348 g/mol. The van der Waals surface area contributed by atoms with Crippen LogP contribution in [0.1, 0.15) is 32.7 Å². The molecule has 8 nitrogen and oxygen atoms in total. The van der Waals surface area contributed by atoms with E-state index >= 15 is 0 Å². The van der Waals surface area contributed by atoms with Crippen LogP contribution in [0.25, 0.3) is 0 Å². The van der Waals surface area contributed by atoms with E-state index in [0.29, 0.717) is 36.6 Å². The number of nitrogens with one attached hydrogen (secondary N) is 2. The fraction of sp³-hybridized carbons (Fsp3) is 0.263. The number of aromatic nitrogens is 1. The first kappa shape index (κ1) is 18.5. The van der Waals surface area contributed by atoms with Crippen molar-refractivity contribution in [3.8, 4) is 0 Å². The molecule has 2 heterocycles. The summed E-state index contributed by atoms with van der Waals surface area (Å²) in [5.74, 6) is -0.242. The summed E-state index contributed by atoms with van der Waals surface area (Å²) >= 11 is 0. The predicted octanol–water partition coefficient (Wildman–Crippen LogP) is 2.67. The second kappa shape index (κ2) is 7.96. The Bertz CT molecular complexity index is 897. The SMILES string of the molecule is COCCCN1C(=O)c2ccc(NC(=O)Nc3ncccc3C)cc2C1=O. The highest BCUT2D eigenvalue weighted by Gasteiger charge is 2.35. The van der Waals surface area contributed by atoms with E-state index in [1.807, 2.05) is 13.0 Å². The Labute approximate surface area is 156 Å². The maximum Gasteiger partial charge on any atom is 0.324 e. The van der Waals surface area contributed by atoms with E-state index in [9.17, 15) is 14.4 Å². The minimum Gasteiger partial charge on any atom is -0.385 e. The van der Waals surface area contributed by atoms with Crippen LogP contribution in [0.3, 0.4) is 0 Å². The van der Waals surface area contributed by atoms with E-state index in [-0.39, 0.29) is 17.4 Å². The number of carbonyl (C=O) groups excluding carboxylic acids is 3. The Morgan fingerprint density at radius 1 is 1.15 bits per heavy atom. The third kappa shape index (κ3) is 3.95. The third-order valence-electron chi connectivity index (χ3n) is 4.20. The van der Waals surface area contributed by atoms with E-state index in [0.717, 1.165) is 5.56 Å². The molecule has 4 amide bonds. The molecule has 1 aliphatic rings. The van der Waals surface area contributed by atoms with Crippen LogP contribution in [-0.2, 0) is 4.74 Å². The topological polar surface area (TPSA) is 101 Å². The van der Waals surface area contributed by atoms with Crippen molar-refractivity contribution in [2.24, 2.45) is 0 Å². The number of rotatable bonds is 6. The predicted molar refractivity (Wildman–Crippen MR) is 99.9 cm³/mol. The number of pyridine rings is 1. The number of carbonyl (C=O) groups is 3. The van der Waals surface area contributed by atoms with Crippen molar-refractivity contribution in [3.05, 3.63) is 53.2 Å². The number of methoxy groups -OCH3 is 1. The number of hydrogen-bond donors (Lipinski definition) is 2. The molecule has 0 fully saturated rings. The summed E-state index contributed by atoms with van der Waals surface area (Å²) in [5, 5.41) is 5.31. The van der Waals surface area contributed by atoms with E-state index in [1.54, 1.807) is 31.5 Å². The number of hydrogen-bond acceptors (Lipinski definition) is 5. The molecule has 0 bridgehead atoms. The first-order chi connectivity index (χ1) is 13.0. The van der Waals surface area contributed by atoms with Crippen molar-refractivity contribution in [1.29, 1.82) is 0 Å². The average Bonchev–Trinajstić information content (AvgIpc) is 2.88. The molecule has 0 saturated heterocycles. The molecule has 8 heteroatoms. The lowest BCUT2D eigenvalue weighted by Gasteiger charge is -2.12. The fourth-order valence-corrected chi connectivity index (χ4v) is 2.82. The monoisotopic (exact) mass is 368 g/mol. The number of aryl methyl sites for hydroxylation is 1. The van der Waals surface area contributed by atoms with Gasteiger partial charge in [0.2, 0.25) is 0 Å². The minimum atomic E-state index is -0.481. The van der Waals surface area contributed by atoms with Gasteiger partial charge in [0.05, 0.1) is 11.1 Å². The summed E-state index contributed by atoms with van der Waals surface area (Å²) in [6, 6.07) is 7.78. The molecule has 1 aromatic carbocycles. The first-order valence-electron chi connectivity index (χ1n) is 8.50. The van der Waals surface area contributed by atoms with E-state index in [4.69, 9.17) is 4.74 Å². The second-order valence-corrected chi connectivity index (χ2v) is 6.12. The van der Waals surface area contributed by atoms with Gasteiger partial charge in [-0.1, -0.05) is 6.07 Å². The lowest BCUT2D eigenvalue weighted by atomic mass is 10.1. The standard InChI is InChI=1S/C19H20N4O4/c1-12-5-3-8-20-16(12)22-19(26)21-13-6-7-14-15(11-13)18(25)23(17(14)24)9-4-10-27-2/h3,5-8,11H,4,9-10H2,1-2H3,(H2,20,21,22,26). The number of imide groups is 1. The quantitative estimate of drug-likeness (QED) is 0.603. The zero-order chi connectivity index (χ0) is 19.4. The summed E-state index contributed by atoms with van der Waals surface area (Å²) in [6.45, 7) is 2.59. The van der Waals surface area contributed by atoms with E-state index < -0.39 is 6.03 Å². The van der Waals surface area contributed by atoms with Gasteiger partial charge in [0.1, 0.15) is 5.82 Å². The number of fused-ring (bicyclic) bond motifs is 1. The molecule has 1 aromatic heterocycles. The normalized spacial score (nSPS) is 12.9. The van der Waals surface area contributed by atoms with Crippen LogP contribution < -0.4 is 10.6 Å². The number of urea groups is 1. The minimum absolute atomic E-state index is 0.282. The Hall–Kier alpha value is -3.26. The van der Waals surface area contributed by atoms with Crippen LogP contribution >= 0.6 is 0 Å². The molecule has 27 heavy (non-hydrogen) atoms. The van der Waals surface area contributed by atoms with Crippen molar-refractivity contribution in [2.45, 2.75) is 13.3 Å². The zero-order valence-electron chi connectivity index (χ0n) is 15.1. The summed E-state index contributed by atoms with van der Waals surface area (Å²) in [7, 11) is 1.57. The highest BCUT2D eigenvalue weighted by atomic mass is 16.5. The number of anilines is 2. The Kier molecular flexibility index (Phi) is 5.46. The van der Waals surface area contributed by atoms with Crippen LogP contribution in [0.5, 0.6) is 0 Å². The van der Waals surface area contributed by atoms with Gasteiger partial charge < -0.3 is 10.1 Å². The van der Waals surface area contributed by atoms with Gasteiger partial charge in [-0.2, -0.15) is 0 Å². The van der Waals surface area contributed by atoms with Gasteiger partial charge >= 0.3 is 6.03 Å². The van der Waals surface area contributed by atoms with Gasteiger partial charge in [-0.05, 0) is 43.2 Å². The lowest BCUT2D eigenvalue weighted by Crippen LogP contribution is -2.31. The molecule has 3 rings (SSSR count). The van der Waals surface area contributed by atoms with Crippen molar-refractivity contribution in [1.82, 2.24) is 9.88 Å². The zero-order valence-corrected chi connectivity index (χ0v) is 15.1. The Balaban J connectivity index is 1.70. The van der Waals surface area contributed by atoms with Crippen LogP contribution in [0.2, 0.25) is 0 Å². The van der Waals surface area contributed by atoms with Crippen molar-refractivity contribution in [2.75, 3.05) is 30.9 Å². The maximum atomic E-state index is 12.5. The van der Waals surface area contributed by atoms with E-state index in [2.05, 4.69) is 15.6 Å². The number of benzene rings is 1. The highest BCUT2D eigenvalue weighted by Crippen LogP contribution is 2.26. The average molecular weight is 368 g/mol. The third-order valence-corrected chi connectivity index (χ3v) is 4.20. The summed E-state index contributed by atoms with van der Waals surface area (Å²) in [4.78, 5) is 42.3. The summed E-state index contributed by atoms with van der Waals surface area (Å²) in [6.07, 6.45) is 2.15. The van der Waals surface area contributed by atoms with Gasteiger partial charge in [-0.25, -0.2) is 9.78 Å². The summed E-state index contributed by atoms with van der Waals surface area (Å²) in [5.41, 5.74) is 1.86. The second-order valence-electron chi connectivity index (χ2n) is 6.12. The van der Waals surface area contributed by atoms with Gasteiger partial charge in [-0.15, -0.1) is 0 Å². The van der Waals surface area contributed by atoms with Gasteiger partial charge in [-0.3, -0.25) is 19.8 Å². The number of ether oxygens (including phenoxy) is 1.